The highest BCUT2D eigenvalue weighted by molar-refractivity contribution is 7.89. The Balaban J connectivity index is 1.84. The maximum Gasteiger partial charge on any atom is 0.276 e. The van der Waals surface area contributed by atoms with Crippen LogP contribution in [0, 0.1) is 6.92 Å². The number of fused-ring (bicyclic) bond motifs is 1. The van der Waals surface area contributed by atoms with Crippen LogP contribution in [0.5, 0.6) is 5.75 Å². The Bertz CT molecular complexity index is 1080. The van der Waals surface area contributed by atoms with E-state index in [9.17, 15) is 8.42 Å². The van der Waals surface area contributed by atoms with Crippen molar-refractivity contribution >= 4 is 38.7 Å². The smallest absolute Gasteiger partial charge is 0.276 e. The van der Waals surface area contributed by atoms with E-state index < -0.39 is 10.0 Å². The van der Waals surface area contributed by atoms with Gasteiger partial charge in [-0.2, -0.15) is 13.5 Å². The summed E-state index contributed by atoms with van der Waals surface area (Å²) in [5.74, 6) is 0.674. The molecule has 0 aliphatic heterocycles. The van der Waals surface area contributed by atoms with E-state index in [-0.39, 0.29) is 10.0 Å². The Morgan fingerprint density at radius 1 is 1.15 bits per heavy atom. The number of rotatable bonds is 5. The third-order valence-corrected chi connectivity index (χ3v) is 5.25. The fourth-order valence-electron chi connectivity index (χ4n) is 2.29. The highest BCUT2D eigenvalue weighted by Gasteiger charge is 2.12. The van der Waals surface area contributed by atoms with Gasteiger partial charge in [-0.3, -0.25) is 0 Å². The summed E-state index contributed by atoms with van der Waals surface area (Å²) < 4.78 is 29.6. The number of ether oxygens (including phenoxy) is 1. The van der Waals surface area contributed by atoms with Crippen LogP contribution in [0.3, 0.4) is 0 Å². The van der Waals surface area contributed by atoms with Gasteiger partial charge in [0.2, 0.25) is 0 Å². The third-order valence-electron chi connectivity index (χ3n) is 3.71. The molecule has 1 aromatic heterocycles. The van der Waals surface area contributed by atoms with Gasteiger partial charge in [0.15, 0.2) is 0 Å². The van der Waals surface area contributed by atoms with Gasteiger partial charge in [-0.25, -0.2) is 9.82 Å². The zero-order valence-corrected chi connectivity index (χ0v) is 15.7. The first-order valence-corrected chi connectivity index (χ1v) is 9.51. The van der Waals surface area contributed by atoms with Crippen molar-refractivity contribution in [3.05, 3.63) is 64.8 Å². The van der Waals surface area contributed by atoms with Crippen LogP contribution in [0.2, 0.25) is 5.15 Å². The van der Waals surface area contributed by atoms with E-state index in [0.29, 0.717) is 16.8 Å². The minimum atomic E-state index is -3.74. The first kappa shape index (κ1) is 18.2. The molecule has 0 saturated heterocycles. The summed E-state index contributed by atoms with van der Waals surface area (Å²) in [5.41, 5.74) is 2.14. The number of pyridine rings is 1. The van der Waals surface area contributed by atoms with Crippen LogP contribution in [0.4, 0.5) is 0 Å². The lowest BCUT2D eigenvalue weighted by Crippen LogP contribution is -2.18. The molecule has 134 valence electrons. The molecule has 8 heteroatoms. The highest BCUT2D eigenvalue weighted by atomic mass is 35.5. The number of benzene rings is 2. The first-order chi connectivity index (χ1) is 12.4. The molecule has 0 aliphatic rings. The second kappa shape index (κ2) is 7.31. The van der Waals surface area contributed by atoms with E-state index in [1.165, 1.54) is 18.3 Å². The number of aryl methyl sites for hydroxylation is 1. The molecule has 0 saturated carbocycles. The van der Waals surface area contributed by atoms with Crippen LogP contribution in [-0.4, -0.2) is 26.7 Å². The molecule has 6 nitrogen and oxygen atoms in total. The van der Waals surface area contributed by atoms with Crippen LogP contribution in [-0.2, 0) is 10.0 Å². The van der Waals surface area contributed by atoms with Crippen molar-refractivity contribution in [2.45, 2.75) is 11.8 Å². The maximum absolute atomic E-state index is 12.2. The highest BCUT2D eigenvalue weighted by Crippen LogP contribution is 2.23. The molecule has 0 aliphatic carbocycles. The molecule has 0 amide bonds. The summed E-state index contributed by atoms with van der Waals surface area (Å²) in [7, 11) is -2.17. The topological polar surface area (TPSA) is 80.6 Å². The maximum atomic E-state index is 12.2. The number of aromatic nitrogens is 1. The molecule has 0 bridgehead atoms. The lowest BCUT2D eigenvalue weighted by atomic mass is 10.1. The summed E-state index contributed by atoms with van der Waals surface area (Å²) >= 11 is 6.16. The summed E-state index contributed by atoms with van der Waals surface area (Å²) in [6, 6.07) is 13.7. The largest absolute Gasteiger partial charge is 0.497 e. The average Bonchev–Trinajstić information content (AvgIpc) is 2.62. The van der Waals surface area contributed by atoms with Gasteiger partial charge in [-0.15, -0.1) is 0 Å². The van der Waals surface area contributed by atoms with Gasteiger partial charge in [0.05, 0.1) is 23.7 Å². The SMILES string of the molecule is COc1ccc2cc(/C=N\NS(=O)(=O)c3ccc(C)cc3)c(Cl)nc2c1. The number of hydrazone groups is 1. The van der Waals surface area contributed by atoms with Crippen molar-refractivity contribution in [3.63, 3.8) is 0 Å². The molecule has 0 radical (unpaired) electrons. The van der Waals surface area contributed by atoms with E-state index in [1.54, 1.807) is 37.4 Å². The minimum absolute atomic E-state index is 0.134. The van der Waals surface area contributed by atoms with Crippen molar-refractivity contribution in [1.82, 2.24) is 9.82 Å². The minimum Gasteiger partial charge on any atom is -0.497 e. The van der Waals surface area contributed by atoms with Crippen LogP contribution >= 0.6 is 11.6 Å². The van der Waals surface area contributed by atoms with Gasteiger partial charge in [0.1, 0.15) is 10.9 Å². The molecule has 0 fully saturated rings. The van der Waals surface area contributed by atoms with Crippen LogP contribution in [0.1, 0.15) is 11.1 Å². The van der Waals surface area contributed by atoms with Crippen LogP contribution < -0.4 is 9.57 Å². The zero-order valence-electron chi connectivity index (χ0n) is 14.1. The Labute approximate surface area is 156 Å². The number of halogens is 1. The molecule has 3 rings (SSSR count). The molecular formula is C18H16ClN3O3S. The van der Waals surface area contributed by atoms with E-state index in [0.717, 1.165) is 10.9 Å². The van der Waals surface area contributed by atoms with E-state index >= 15 is 0 Å². The standard InChI is InChI=1S/C18H16ClN3O3S/c1-12-3-7-16(8-4-12)26(23,24)22-20-11-14-9-13-5-6-15(25-2)10-17(13)21-18(14)19/h3-11,22H,1-2H3/b20-11-. The molecule has 3 aromatic rings. The number of methoxy groups -OCH3 is 1. The summed E-state index contributed by atoms with van der Waals surface area (Å²) in [4.78, 5) is 6.59. The number of nitrogens with zero attached hydrogens (tertiary/aromatic N) is 2. The average molecular weight is 390 g/mol. The number of nitrogens with one attached hydrogen (secondary N) is 1. The fourth-order valence-corrected chi connectivity index (χ4v) is 3.28. The molecule has 1 heterocycles. The lowest BCUT2D eigenvalue weighted by Gasteiger charge is -2.05. The first-order valence-electron chi connectivity index (χ1n) is 7.65. The normalized spacial score (nSPS) is 11.8. The Hall–Kier alpha value is -2.64. The second-order valence-corrected chi connectivity index (χ2v) is 7.61. The summed E-state index contributed by atoms with van der Waals surface area (Å²) in [6.45, 7) is 1.88. The molecule has 0 atom stereocenters. The van der Waals surface area contributed by atoms with Crippen LogP contribution in [0.25, 0.3) is 10.9 Å². The number of sulfonamides is 1. The van der Waals surface area contributed by atoms with Gasteiger partial charge < -0.3 is 4.74 Å². The van der Waals surface area contributed by atoms with Crippen molar-refractivity contribution in [1.29, 1.82) is 0 Å². The predicted molar refractivity (Wildman–Crippen MR) is 102 cm³/mol. The van der Waals surface area contributed by atoms with Gasteiger partial charge >= 0.3 is 0 Å². The van der Waals surface area contributed by atoms with E-state index in [2.05, 4.69) is 14.9 Å². The van der Waals surface area contributed by atoms with Gasteiger partial charge in [0, 0.05) is 17.0 Å². The Morgan fingerprint density at radius 2 is 1.88 bits per heavy atom. The van der Waals surface area contributed by atoms with Gasteiger partial charge in [0.25, 0.3) is 10.0 Å². The van der Waals surface area contributed by atoms with Crippen molar-refractivity contribution in [2.24, 2.45) is 5.10 Å². The number of hydrogen-bond donors (Lipinski definition) is 1. The van der Waals surface area contributed by atoms with Gasteiger partial charge in [-0.05, 0) is 37.3 Å². The number of hydrogen-bond acceptors (Lipinski definition) is 5. The van der Waals surface area contributed by atoms with E-state index in [1.807, 2.05) is 13.0 Å². The zero-order chi connectivity index (χ0) is 18.7. The molecular weight excluding hydrogens is 374 g/mol. The Kier molecular flexibility index (Phi) is 5.11. The fraction of sp³-hybridized carbons (Fsp3) is 0.111. The monoisotopic (exact) mass is 389 g/mol. The summed E-state index contributed by atoms with van der Waals surface area (Å²) in [6.07, 6.45) is 1.32. The van der Waals surface area contributed by atoms with E-state index in [4.69, 9.17) is 16.3 Å². The van der Waals surface area contributed by atoms with Crippen molar-refractivity contribution < 1.29 is 13.2 Å². The predicted octanol–water partition coefficient (Wildman–Crippen LogP) is 3.52. The molecule has 2 aromatic carbocycles. The summed E-state index contributed by atoms with van der Waals surface area (Å²) in [5, 5.41) is 4.84. The van der Waals surface area contributed by atoms with Crippen molar-refractivity contribution in [3.8, 4) is 5.75 Å². The van der Waals surface area contributed by atoms with Gasteiger partial charge in [-0.1, -0.05) is 29.3 Å². The third kappa shape index (κ3) is 3.95. The molecule has 1 N–H and O–H groups in total. The van der Waals surface area contributed by atoms with Crippen LogP contribution in [0.15, 0.2) is 58.5 Å². The Morgan fingerprint density at radius 3 is 2.58 bits per heavy atom. The second-order valence-electron chi connectivity index (χ2n) is 5.59. The quantitative estimate of drug-likeness (QED) is 0.411. The molecule has 0 unspecified atom stereocenters. The molecule has 26 heavy (non-hydrogen) atoms. The lowest BCUT2D eigenvalue weighted by molar-refractivity contribution is 0.415. The molecule has 0 spiro atoms. The van der Waals surface area contributed by atoms with Crippen molar-refractivity contribution in [2.75, 3.05) is 7.11 Å².